The Morgan fingerprint density at radius 2 is 1.97 bits per heavy atom. The quantitative estimate of drug-likeness (QED) is 0.485. The molecule has 4 atom stereocenters. The van der Waals surface area contributed by atoms with Crippen LogP contribution in [0, 0.1) is 5.92 Å². The lowest BCUT2D eigenvalue weighted by atomic mass is 10.0. The Morgan fingerprint density at radius 1 is 1.23 bits per heavy atom. The van der Waals surface area contributed by atoms with E-state index in [1.807, 2.05) is 34.7 Å². The summed E-state index contributed by atoms with van der Waals surface area (Å²) >= 11 is 0. The fourth-order valence-electron chi connectivity index (χ4n) is 4.12. The molecule has 35 heavy (non-hydrogen) atoms. The minimum absolute atomic E-state index is 0.0201. The number of hydrogen-bond donors (Lipinski definition) is 4. The monoisotopic (exact) mass is 492 g/mol. The molecule has 0 radical (unpaired) electrons. The summed E-state index contributed by atoms with van der Waals surface area (Å²) in [5.41, 5.74) is 0.850. The van der Waals surface area contributed by atoms with Gasteiger partial charge in [0.2, 0.25) is 0 Å². The zero-order valence-electron chi connectivity index (χ0n) is 22.1. The van der Waals surface area contributed by atoms with Gasteiger partial charge in [-0.3, -0.25) is 4.79 Å². The number of carbonyl (C=O) groups excluding carboxylic acids is 2. The summed E-state index contributed by atoms with van der Waals surface area (Å²) in [7, 11) is 1.89. The number of carbonyl (C=O) groups is 2. The molecule has 9 heteroatoms. The van der Waals surface area contributed by atoms with Gasteiger partial charge in [0.15, 0.2) is 0 Å². The van der Waals surface area contributed by atoms with Crippen LogP contribution in [0.15, 0.2) is 18.2 Å². The summed E-state index contributed by atoms with van der Waals surface area (Å²) in [6, 6.07) is 4.36. The average molecular weight is 493 g/mol. The van der Waals surface area contributed by atoms with Crippen molar-refractivity contribution in [2.75, 3.05) is 38.7 Å². The molecule has 0 spiro atoms. The molecule has 0 fully saturated rings. The van der Waals surface area contributed by atoms with Crippen molar-refractivity contribution in [3.05, 3.63) is 23.8 Å². The molecule has 1 heterocycles. The third-order valence-electron chi connectivity index (χ3n) is 6.13. The second kappa shape index (κ2) is 14.3. The Bertz CT molecular complexity index is 819. The van der Waals surface area contributed by atoms with Crippen molar-refractivity contribution in [2.45, 2.75) is 78.2 Å². The Balaban J connectivity index is 2.46. The van der Waals surface area contributed by atoms with Crippen LogP contribution in [0.2, 0.25) is 0 Å². The van der Waals surface area contributed by atoms with Crippen LogP contribution in [0.4, 0.5) is 10.5 Å². The maximum absolute atomic E-state index is 13.9. The Hall–Kier alpha value is -2.36. The third kappa shape index (κ3) is 8.98. The summed E-state index contributed by atoms with van der Waals surface area (Å²) in [6.45, 7) is 11.2. The molecular weight excluding hydrogens is 448 g/mol. The normalized spacial score (nSPS) is 23.1. The Kier molecular flexibility index (Phi) is 11.8. The zero-order valence-corrected chi connectivity index (χ0v) is 22.1. The molecule has 0 saturated heterocycles. The lowest BCUT2D eigenvalue weighted by Gasteiger charge is -2.34. The van der Waals surface area contributed by atoms with E-state index in [0.29, 0.717) is 36.7 Å². The minimum Gasteiger partial charge on any atom is -0.490 e. The number of hydrogen-bond acceptors (Lipinski definition) is 6. The second-order valence-corrected chi connectivity index (χ2v) is 9.82. The second-order valence-electron chi connectivity index (χ2n) is 9.82. The molecule has 9 nitrogen and oxygen atoms in total. The van der Waals surface area contributed by atoms with Gasteiger partial charge in [-0.05, 0) is 72.2 Å². The first kappa shape index (κ1) is 28.9. The van der Waals surface area contributed by atoms with Crippen LogP contribution in [0.1, 0.15) is 64.2 Å². The van der Waals surface area contributed by atoms with E-state index in [2.05, 4.69) is 22.9 Å². The SMILES string of the molecule is CNC[C@H]1OCCCC[C@H](C)Oc2ccc(NC(=O)NC(C)C)cc2C(=O)N([C@@H](C)CO)C[C@@H]1C. The molecule has 2 rings (SSSR count). The maximum Gasteiger partial charge on any atom is 0.319 e. The van der Waals surface area contributed by atoms with E-state index in [9.17, 15) is 14.7 Å². The fraction of sp³-hybridized carbons (Fsp3) is 0.692. The van der Waals surface area contributed by atoms with E-state index in [-0.39, 0.29) is 42.7 Å². The molecule has 0 unspecified atom stereocenters. The lowest BCUT2D eigenvalue weighted by Crippen LogP contribution is -2.47. The van der Waals surface area contributed by atoms with E-state index < -0.39 is 6.04 Å². The molecule has 198 valence electrons. The van der Waals surface area contributed by atoms with Gasteiger partial charge in [0.1, 0.15) is 5.75 Å². The topological polar surface area (TPSA) is 112 Å². The number of amides is 3. The number of rotatable bonds is 6. The molecule has 0 aromatic heterocycles. The van der Waals surface area contributed by atoms with Crippen molar-refractivity contribution < 1.29 is 24.2 Å². The van der Waals surface area contributed by atoms with Gasteiger partial charge in [0.25, 0.3) is 5.91 Å². The highest BCUT2D eigenvalue weighted by molar-refractivity contribution is 5.99. The molecule has 1 aromatic carbocycles. The molecule has 0 aliphatic carbocycles. The number of fused-ring (bicyclic) bond motifs is 1. The highest BCUT2D eigenvalue weighted by atomic mass is 16.5. The fourth-order valence-corrected chi connectivity index (χ4v) is 4.12. The van der Waals surface area contributed by atoms with Gasteiger partial charge in [-0.15, -0.1) is 0 Å². The van der Waals surface area contributed by atoms with Crippen molar-refractivity contribution in [1.29, 1.82) is 0 Å². The number of ether oxygens (including phenoxy) is 2. The van der Waals surface area contributed by atoms with Crippen LogP contribution >= 0.6 is 0 Å². The molecule has 1 aliphatic heterocycles. The van der Waals surface area contributed by atoms with Crippen molar-refractivity contribution in [3.8, 4) is 5.75 Å². The minimum atomic E-state index is -0.404. The highest BCUT2D eigenvalue weighted by Gasteiger charge is 2.29. The molecule has 0 bridgehead atoms. The average Bonchev–Trinajstić information content (AvgIpc) is 2.80. The van der Waals surface area contributed by atoms with Crippen LogP contribution in [0.25, 0.3) is 0 Å². The van der Waals surface area contributed by atoms with Gasteiger partial charge in [-0.2, -0.15) is 0 Å². The smallest absolute Gasteiger partial charge is 0.319 e. The summed E-state index contributed by atoms with van der Waals surface area (Å²) in [5, 5.41) is 18.7. The number of aliphatic hydroxyl groups excluding tert-OH is 1. The van der Waals surface area contributed by atoms with Crippen LogP contribution in [-0.4, -0.2) is 79.6 Å². The molecular formula is C26H44N4O5. The largest absolute Gasteiger partial charge is 0.490 e. The molecule has 1 aliphatic rings. The third-order valence-corrected chi connectivity index (χ3v) is 6.13. The van der Waals surface area contributed by atoms with Crippen LogP contribution < -0.4 is 20.7 Å². The van der Waals surface area contributed by atoms with E-state index in [1.165, 1.54) is 0 Å². The number of nitrogens with zero attached hydrogens (tertiary/aromatic N) is 1. The molecule has 3 amide bonds. The number of aliphatic hydroxyl groups is 1. The number of nitrogens with one attached hydrogen (secondary N) is 3. The van der Waals surface area contributed by atoms with E-state index in [4.69, 9.17) is 9.47 Å². The predicted molar refractivity (Wildman–Crippen MR) is 138 cm³/mol. The summed E-state index contributed by atoms with van der Waals surface area (Å²) in [6.07, 6.45) is 2.55. The van der Waals surface area contributed by atoms with Crippen molar-refractivity contribution in [3.63, 3.8) is 0 Å². The number of benzene rings is 1. The van der Waals surface area contributed by atoms with E-state index in [1.54, 1.807) is 23.1 Å². The van der Waals surface area contributed by atoms with Crippen molar-refractivity contribution >= 4 is 17.6 Å². The maximum atomic E-state index is 13.9. The Morgan fingerprint density at radius 3 is 2.63 bits per heavy atom. The van der Waals surface area contributed by atoms with Gasteiger partial charge in [-0.25, -0.2) is 4.79 Å². The van der Waals surface area contributed by atoms with Gasteiger partial charge >= 0.3 is 6.03 Å². The van der Waals surface area contributed by atoms with Crippen LogP contribution in [0.5, 0.6) is 5.75 Å². The van der Waals surface area contributed by atoms with Gasteiger partial charge < -0.3 is 35.4 Å². The molecule has 0 saturated carbocycles. The zero-order chi connectivity index (χ0) is 26.0. The standard InChI is InChI=1S/C26H44N4O5/c1-17(2)28-26(33)29-21-10-11-23-22(13-21)25(32)30(19(4)16-31)15-18(3)24(14-27-6)34-12-8-7-9-20(5)35-23/h10-11,13,17-20,24,27,31H,7-9,12,14-16H2,1-6H3,(H2,28,29,33)/t18-,19-,20-,24+/m0/s1. The number of anilines is 1. The summed E-state index contributed by atoms with van der Waals surface area (Å²) in [5.74, 6) is 0.249. The van der Waals surface area contributed by atoms with Gasteiger partial charge in [-0.1, -0.05) is 6.92 Å². The van der Waals surface area contributed by atoms with E-state index >= 15 is 0 Å². The van der Waals surface area contributed by atoms with Gasteiger partial charge in [0.05, 0.1) is 30.4 Å². The van der Waals surface area contributed by atoms with E-state index in [0.717, 1.165) is 19.3 Å². The lowest BCUT2D eigenvalue weighted by molar-refractivity contribution is -0.000451. The number of urea groups is 1. The predicted octanol–water partition coefficient (Wildman–Crippen LogP) is 3.23. The first-order valence-electron chi connectivity index (χ1n) is 12.7. The van der Waals surface area contributed by atoms with Crippen LogP contribution in [0.3, 0.4) is 0 Å². The van der Waals surface area contributed by atoms with Gasteiger partial charge in [0, 0.05) is 37.3 Å². The Labute approximate surface area is 209 Å². The molecule has 1 aromatic rings. The molecule has 4 N–H and O–H groups in total. The first-order chi connectivity index (χ1) is 16.7. The number of likely N-dealkylation sites (N-methyl/N-ethyl adjacent to an activating group) is 1. The first-order valence-corrected chi connectivity index (χ1v) is 12.7. The van der Waals surface area contributed by atoms with Crippen LogP contribution in [-0.2, 0) is 4.74 Å². The highest BCUT2D eigenvalue weighted by Crippen LogP contribution is 2.28. The van der Waals surface area contributed by atoms with Crippen molar-refractivity contribution in [2.24, 2.45) is 5.92 Å². The van der Waals surface area contributed by atoms with Crippen molar-refractivity contribution in [1.82, 2.24) is 15.5 Å². The summed E-state index contributed by atoms with van der Waals surface area (Å²) < 4.78 is 12.4. The summed E-state index contributed by atoms with van der Waals surface area (Å²) in [4.78, 5) is 27.8.